The van der Waals surface area contributed by atoms with Crippen LogP contribution in [-0.2, 0) is 0 Å². The van der Waals surface area contributed by atoms with E-state index in [0.29, 0.717) is 12.3 Å². The molecule has 6 heteroatoms. The summed E-state index contributed by atoms with van der Waals surface area (Å²) in [5, 5.41) is 6.52. The minimum absolute atomic E-state index is 0.401. The van der Waals surface area contributed by atoms with Crippen molar-refractivity contribution in [1.82, 2.24) is 10.4 Å². The van der Waals surface area contributed by atoms with Crippen molar-refractivity contribution in [2.24, 2.45) is 5.10 Å². The maximum atomic E-state index is 11.7. The predicted octanol–water partition coefficient (Wildman–Crippen LogP) is 3.35. The van der Waals surface area contributed by atoms with Gasteiger partial charge in [-0.1, -0.05) is 13.3 Å². The number of aromatic amines is 1. The summed E-state index contributed by atoms with van der Waals surface area (Å²) in [5.41, 5.74) is 3.88. The van der Waals surface area contributed by atoms with Crippen LogP contribution in [0.15, 0.2) is 47.7 Å². The van der Waals surface area contributed by atoms with Crippen molar-refractivity contribution in [2.45, 2.75) is 19.8 Å². The van der Waals surface area contributed by atoms with E-state index in [9.17, 15) is 4.79 Å². The molecule has 2 rings (SSSR count). The third-order valence-corrected chi connectivity index (χ3v) is 2.87. The number of H-pyrrole nitrogens is 1. The van der Waals surface area contributed by atoms with Crippen LogP contribution in [-0.4, -0.2) is 23.8 Å². The third-order valence-electron chi connectivity index (χ3n) is 2.87. The van der Waals surface area contributed by atoms with Gasteiger partial charge >= 0.3 is 6.03 Å². The van der Waals surface area contributed by atoms with E-state index >= 15 is 0 Å². The van der Waals surface area contributed by atoms with Gasteiger partial charge in [0.15, 0.2) is 0 Å². The van der Waals surface area contributed by atoms with Crippen LogP contribution in [0, 0.1) is 0 Å². The highest BCUT2D eigenvalue weighted by Gasteiger charge is 2.00. The van der Waals surface area contributed by atoms with Crippen molar-refractivity contribution in [1.29, 1.82) is 0 Å². The average Bonchev–Trinajstić information content (AvgIpc) is 3.03. The van der Waals surface area contributed by atoms with E-state index in [0.717, 1.165) is 24.3 Å². The summed E-state index contributed by atoms with van der Waals surface area (Å²) in [7, 11) is 0. The number of carbonyl (C=O) groups excluding carboxylic acids is 1. The molecule has 0 atom stereocenters. The zero-order valence-electron chi connectivity index (χ0n) is 12.5. The Balaban J connectivity index is 1.76. The summed E-state index contributed by atoms with van der Waals surface area (Å²) in [6.07, 6.45) is 5.44. The van der Waals surface area contributed by atoms with Crippen molar-refractivity contribution in [2.75, 3.05) is 11.9 Å². The molecule has 0 aliphatic carbocycles. The highest BCUT2D eigenvalue weighted by atomic mass is 16.5. The Kier molecular flexibility index (Phi) is 6.04. The second-order valence-electron chi connectivity index (χ2n) is 4.68. The van der Waals surface area contributed by atoms with Crippen LogP contribution < -0.4 is 15.5 Å². The standard InChI is InChI=1S/C16H20N4O2/c1-2-3-11-22-15-8-6-13(7-9-15)19-16(21)20-18-12-14-5-4-10-17-14/h4-10,12,17H,2-3,11H2,1H3,(H2,19,20,21)/b18-12+. The molecule has 0 saturated heterocycles. The van der Waals surface area contributed by atoms with Gasteiger partial charge in [-0.3, -0.25) is 0 Å². The van der Waals surface area contributed by atoms with Gasteiger partial charge in [-0.05, 0) is 42.8 Å². The summed E-state index contributed by atoms with van der Waals surface area (Å²) in [6.45, 7) is 2.82. The molecule has 3 N–H and O–H groups in total. The largest absolute Gasteiger partial charge is 0.494 e. The lowest BCUT2D eigenvalue weighted by Crippen LogP contribution is -2.24. The molecule has 22 heavy (non-hydrogen) atoms. The second-order valence-corrected chi connectivity index (χ2v) is 4.68. The molecule has 0 fully saturated rings. The first-order chi connectivity index (χ1) is 10.8. The summed E-state index contributed by atoms with van der Waals surface area (Å²) in [5.74, 6) is 0.796. The Morgan fingerprint density at radius 3 is 2.82 bits per heavy atom. The molecule has 1 aromatic carbocycles. The van der Waals surface area contributed by atoms with E-state index in [4.69, 9.17) is 4.74 Å². The van der Waals surface area contributed by atoms with Crippen molar-refractivity contribution >= 4 is 17.9 Å². The predicted molar refractivity (Wildman–Crippen MR) is 87.4 cm³/mol. The number of amides is 2. The summed E-state index contributed by atoms with van der Waals surface area (Å²) >= 11 is 0. The SMILES string of the molecule is CCCCOc1ccc(NC(=O)N/N=C/c2ccc[nH]2)cc1. The number of rotatable bonds is 7. The molecule has 0 aliphatic heterocycles. The number of unbranched alkanes of at least 4 members (excludes halogenated alkanes) is 1. The smallest absolute Gasteiger partial charge is 0.339 e. The first-order valence-corrected chi connectivity index (χ1v) is 7.24. The minimum atomic E-state index is -0.401. The average molecular weight is 300 g/mol. The molecule has 0 spiro atoms. The summed E-state index contributed by atoms with van der Waals surface area (Å²) < 4.78 is 5.56. The fourth-order valence-electron chi connectivity index (χ4n) is 1.71. The number of hydrogen-bond acceptors (Lipinski definition) is 3. The van der Waals surface area contributed by atoms with E-state index < -0.39 is 6.03 Å². The number of nitrogens with one attached hydrogen (secondary N) is 3. The van der Waals surface area contributed by atoms with Gasteiger partial charge in [0.25, 0.3) is 0 Å². The number of aromatic nitrogens is 1. The molecule has 0 saturated carbocycles. The maximum absolute atomic E-state index is 11.7. The Bertz CT molecular complexity index is 591. The van der Waals surface area contributed by atoms with Crippen LogP contribution >= 0.6 is 0 Å². The van der Waals surface area contributed by atoms with E-state index in [2.05, 4.69) is 27.8 Å². The zero-order valence-corrected chi connectivity index (χ0v) is 12.5. The minimum Gasteiger partial charge on any atom is -0.494 e. The Labute approximate surface area is 129 Å². The van der Waals surface area contributed by atoms with Crippen LogP contribution in [0.1, 0.15) is 25.5 Å². The molecule has 116 valence electrons. The summed E-state index contributed by atoms with van der Waals surface area (Å²) in [6, 6.07) is 10.5. The Morgan fingerprint density at radius 2 is 2.14 bits per heavy atom. The first kappa shape index (κ1) is 15.6. The fourth-order valence-corrected chi connectivity index (χ4v) is 1.71. The highest BCUT2D eigenvalue weighted by molar-refractivity contribution is 5.90. The first-order valence-electron chi connectivity index (χ1n) is 7.24. The third kappa shape index (κ3) is 5.32. The Morgan fingerprint density at radius 1 is 1.32 bits per heavy atom. The molecular formula is C16H20N4O2. The number of benzene rings is 1. The van der Waals surface area contributed by atoms with Crippen LogP contribution in [0.25, 0.3) is 0 Å². The van der Waals surface area contributed by atoms with Crippen LogP contribution in [0.2, 0.25) is 0 Å². The van der Waals surface area contributed by atoms with Crippen molar-refractivity contribution in [3.05, 3.63) is 48.3 Å². The molecule has 0 bridgehead atoms. The molecule has 2 amide bonds. The number of urea groups is 1. The monoisotopic (exact) mass is 300 g/mol. The summed E-state index contributed by atoms with van der Waals surface area (Å²) in [4.78, 5) is 14.6. The van der Waals surface area contributed by atoms with Gasteiger partial charge in [0.05, 0.1) is 18.5 Å². The quantitative estimate of drug-likeness (QED) is 0.416. The number of anilines is 1. The second kappa shape index (κ2) is 8.51. The molecule has 6 nitrogen and oxygen atoms in total. The Hall–Kier alpha value is -2.76. The lowest BCUT2D eigenvalue weighted by molar-refractivity contribution is 0.252. The van der Waals surface area contributed by atoms with Crippen LogP contribution in [0.5, 0.6) is 5.75 Å². The lowest BCUT2D eigenvalue weighted by atomic mass is 10.3. The molecular weight excluding hydrogens is 280 g/mol. The topological polar surface area (TPSA) is 78.5 Å². The number of carbonyl (C=O) groups is 1. The van der Waals surface area contributed by atoms with Crippen molar-refractivity contribution in [3.63, 3.8) is 0 Å². The van der Waals surface area contributed by atoms with E-state index in [1.54, 1.807) is 18.3 Å². The van der Waals surface area contributed by atoms with E-state index in [1.165, 1.54) is 6.21 Å². The van der Waals surface area contributed by atoms with Crippen LogP contribution in [0.3, 0.4) is 0 Å². The van der Waals surface area contributed by atoms with E-state index in [1.807, 2.05) is 24.3 Å². The highest BCUT2D eigenvalue weighted by Crippen LogP contribution is 2.15. The molecule has 0 radical (unpaired) electrons. The van der Waals surface area contributed by atoms with Gasteiger partial charge in [-0.15, -0.1) is 0 Å². The van der Waals surface area contributed by atoms with Gasteiger partial charge in [-0.2, -0.15) is 5.10 Å². The number of hydrazone groups is 1. The number of nitrogens with zero attached hydrogens (tertiary/aromatic N) is 1. The van der Waals surface area contributed by atoms with Gasteiger partial charge in [0.2, 0.25) is 0 Å². The van der Waals surface area contributed by atoms with Crippen molar-refractivity contribution < 1.29 is 9.53 Å². The van der Waals surface area contributed by atoms with Gasteiger partial charge < -0.3 is 15.0 Å². The van der Waals surface area contributed by atoms with Gasteiger partial charge in [0, 0.05) is 11.9 Å². The molecule has 1 heterocycles. The maximum Gasteiger partial charge on any atom is 0.339 e. The fraction of sp³-hybridized carbons (Fsp3) is 0.250. The molecule has 2 aromatic rings. The molecule has 0 unspecified atom stereocenters. The molecule has 1 aromatic heterocycles. The van der Waals surface area contributed by atoms with Crippen molar-refractivity contribution in [3.8, 4) is 5.75 Å². The zero-order chi connectivity index (χ0) is 15.6. The van der Waals surface area contributed by atoms with E-state index in [-0.39, 0.29) is 0 Å². The lowest BCUT2D eigenvalue weighted by Gasteiger charge is -2.07. The number of ether oxygens (including phenoxy) is 1. The molecule has 0 aliphatic rings. The van der Waals surface area contributed by atoms with Gasteiger partial charge in [0.1, 0.15) is 5.75 Å². The van der Waals surface area contributed by atoms with Gasteiger partial charge in [-0.25, -0.2) is 10.2 Å². The van der Waals surface area contributed by atoms with Crippen LogP contribution in [0.4, 0.5) is 10.5 Å². The normalized spacial score (nSPS) is 10.6. The number of hydrogen-bond donors (Lipinski definition) is 3.